The molecule has 0 fully saturated rings. The Bertz CT molecular complexity index is 1080. The number of carbonyl (C=O) groups is 1. The minimum absolute atomic E-state index is 0.186. The van der Waals surface area contributed by atoms with Crippen LogP contribution >= 0.6 is 0 Å². The number of nitriles is 2. The first-order chi connectivity index (χ1) is 12.6. The van der Waals surface area contributed by atoms with Gasteiger partial charge in [-0.15, -0.1) is 0 Å². The zero-order chi connectivity index (χ0) is 18.7. The molecule has 0 amide bonds. The van der Waals surface area contributed by atoms with Crippen molar-refractivity contribution in [2.75, 3.05) is 7.11 Å². The number of aromatic nitrogens is 1. The van der Waals surface area contributed by atoms with E-state index in [0.717, 1.165) is 0 Å². The molecule has 0 aliphatic heterocycles. The molecular weight excluding hydrogens is 333 g/mol. The van der Waals surface area contributed by atoms with Crippen LogP contribution in [0, 0.1) is 34.4 Å². The van der Waals surface area contributed by atoms with E-state index in [9.17, 15) is 9.18 Å². The smallest absolute Gasteiger partial charge is 0.195 e. The van der Waals surface area contributed by atoms with Gasteiger partial charge in [-0.25, -0.2) is 9.37 Å². The maximum absolute atomic E-state index is 14.1. The van der Waals surface area contributed by atoms with Crippen molar-refractivity contribution in [3.8, 4) is 29.1 Å². The van der Waals surface area contributed by atoms with Gasteiger partial charge in [0.15, 0.2) is 11.7 Å². The van der Waals surface area contributed by atoms with Crippen LogP contribution in [-0.2, 0) is 0 Å². The second kappa shape index (κ2) is 7.00. The van der Waals surface area contributed by atoms with Crippen LogP contribution in [0.1, 0.15) is 10.4 Å². The summed E-state index contributed by atoms with van der Waals surface area (Å²) in [4.78, 5) is 16.7. The molecule has 0 bridgehead atoms. The molecule has 6 heteroatoms. The number of ketones is 1. The summed E-state index contributed by atoms with van der Waals surface area (Å²) in [5.41, 5.74) is 1.25. The average molecular weight is 345 g/mol. The number of hydrogen-bond acceptors (Lipinski definition) is 5. The van der Waals surface area contributed by atoms with Crippen molar-refractivity contribution in [3.05, 3.63) is 59.9 Å². The molecule has 0 aliphatic carbocycles. The quantitative estimate of drug-likeness (QED) is 0.669. The highest BCUT2D eigenvalue weighted by atomic mass is 19.1. The van der Waals surface area contributed by atoms with E-state index in [1.54, 1.807) is 42.5 Å². The number of ether oxygens (including phenoxy) is 1. The number of Topliss-reactive ketones (excluding diaryl/α,β-unsaturated/α-hetero) is 1. The fourth-order valence-corrected chi connectivity index (χ4v) is 2.64. The number of carbonyl (C=O) groups excluding carboxylic acids is 1. The van der Waals surface area contributed by atoms with E-state index in [1.165, 1.54) is 25.3 Å². The van der Waals surface area contributed by atoms with Gasteiger partial charge in [-0.05, 0) is 24.3 Å². The summed E-state index contributed by atoms with van der Waals surface area (Å²) in [5.74, 6) is -1.94. The van der Waals surface area contributed by atoms with Crippen molar-refractivity contribution in [2.45, 2.75) is 0 Å². The summed E-state index contributed by atoms with van der Waals surface area (Å²) in [5, 5.41) is 18.4. The van der Waals surface area contributed by atoms with Crippen LogP contribution in [0.5, 0.6) is 5.75 Å². The molecule has 0 atom stereocenters. The lowest BCUT2D eigenvalue weighted by Crippen LogP contribution is -2.10. The summed E-state index contributed by atoms with van der Waals surface area (Å²) in [6.07, 6.45) is 0. The first-order valence-corrected chi connectivity index (χ1v) is 7.66. The Morgan fingerprint density at radius 2 is 1.88 bits per heavy atom. The van der Waals surface area contributed by atoms with E-state index < -0.39 is 17.5 Å². The van der Waals surface area contributed by atoms with Crippen LogP contribution in [0.4, 0.5) is 4.39 Å². The summed E-state index contributed by atoms with van der Waals surface area (Å²) in [6, 6.07) is 15.8. The topological polar surface area (TPSA) is 86.8 Å². The third-order valence-electron chi connectivity index (χ3n) is 3.95. The van der Waals surface area contributed by atoms with Crippen molar-refractivity contribution in [1.29, 1.82) is 10.5 Å². The number of fused-ring (bicyclic) bond motifs is 1. The molecule has 3 aromatic rings. The number of pyridine rings is 1. The van der Waals surface area contributed by atoms with Gasteiger partial charge in [0.1, 0.15) is 11.6 Å². The van der Waals surface area contributed by atoms with Crippen molar-refractivity contribution >= 4 is 16.7 Å². The summed E-state index contributed by atoms with van der Waals surface area (Å²) in [6.45, 7) is 0. The van der Waals surface area contributed by atoms with Gasteiger partial charge in [-0.3, -0.25) is 4.79 Å². The van der Waals surface area contributed by atoms with Crippen molar-refractivity contribution < 1.29 is 13.9 Å². The van der Waals surface area contributed by atoms with Gasteiger partial charge in [0, 0.05) is 22.6 Å². The third-order valence-corrected chi connectivity index (χ3v) is 3.95. The number of halogens is 1. The number of methoxy groups -OCH3 is 1. The van der Waals surface area contributed by atoms with E-state index in [2.05, 4.69) is 4.98 Å². The Morgan fingerprint density at radius 1 is 1.15 bits per heavy atom. The normalized spacial score (nSPS) is 10.3. The van der Waals surface area contributed by atoms with Gasteiger partial charge in [-0.1, -0.05) is 18.2 Å². The highest BCUT2D eigenvalue weighted by Crippen LogP contribution is 2.31. The summed E-state index contributed by atoms with van der Waals surface area (Å²) >= 11 is 0. The number of hydrogen-bond donors (Lipinski definition) is 0. The highest BCUT2D eigenvalue weighted by molar-refractivity contribution is 6.04. The Morgan fingerprint density at radius 3 is 2.54 bits per heavy atom. The lowest BCUT2D eigenvalue weighted by atomic mass is 9.98. The molecular formula is C20H12FN3O2. The first kappa shape index (κ1) is 17.1. The molecule has 0 N–H and O–H groups in total. The van der Waals surface area contributed by atoms with Crippen LogP contribution in [-0.4, -0.2) is 17.9 Å². The molecule has 26 heavy (non-hydrogen) atoms. The fourth-order valence-electron chi connectivity index (χ4n) is 2.64. The maximum atomic E-state index is 14.1. The number of nitrogens with zero attached hydrogens (tertiary/aromatic N) is 3. The molecule has 2 aromatic carbocycles. The molecule has 1 aromatic heterocycles. The minimum Gasteiger partial charge on any atom is -0.496 e. The van der Waals surface area contributed by atoms with Crippen LogP contribution in [0.15, 0.2) is 48.5 Å². The number of benzene rings is 2. The van der Waals surface area contributed by atoms with Crippen LogP contribution in [0.3, 0.4) is 0 Å². The Labute approximate surface area is 148 Å². The molecule has 0 spiro atoms. The molecule has 0 saturated carbocycles. The SMILES string of the molecule is COc1cc(-c2ccccc2F)nc2cc(C(=O)C(C#N)C#N)ccc12. The van der Waals surface area contributed by atoms with Crippen LogP contribution in [0.25, 0.3) is 22.2 Å². The molecule has 0 radical (unpaired) electrons. The van der Waals surface area contributed by atoms with Crippen molar-refractivity contribution in [1.82, 2.24) is 4.98 Å². The summed E-state index contributed by atoms with van der Waals surface area (Å²) in [7, 11) is 1.49. The van der Waals surface area contributed by atoms with Gasteiger partial charge >= 0.3 is 0 Å². The highest BCUT2D eigenvalue weighted by Gasteiger charge is 2.20. The van der Waals surface area contributed by atoms with Gasteiger partial charge in [0.05, 0.1) is 30.5 Å². The lowest BCUT2D eigenvalue weighted by molar-refractivity contribution is 0.0971. The Kier molecular flexibility index (Phi) is 4.59. The first-order valence-electron chi connectivity index (χ1n) is 7.66. The maximum Gasteiger partial charge on any atom is 0.195 e. The second-order valence-electron chi connectivity index (χ2n) is 5.48. The molecule has 0 saturated heterocycles. The zero-order valence-corrected chi connectivity index (χ0v) is 13.7. The molecule has 0 unspecified atom stereocenters. The van der Waals surface area contributed by atoms with E-state index in [4.69, 9.17) is 15.3 Å². The minimum atomic E-state index is -1.39. The van der Waals surface area contributed by atoms with Gasteiger partial charge in [0.2, 0.25) is 0 Å². The van der Waals surface area contributed by atoms with E-state index in [0.29, 0.717) is 27.9 Å². The predicted octanol–water partition coefficient (Wildman–Crippen LogP) is 3.90. The average Bonchev–Trinajstić information content (AvgIpc) is 2.67. The van der Waals surface area contributed by atoms with E-state index in [1.807, 2.05) is 0 Å². The predicted molar refractivity (Wildman–Crippen MR) is 92.7 cm³/mol. The largest absolute Gasteiger partial charge is 0.496 e. The molecule has 0 aliphatic rings. The van der Waals surface area contributed by atoms with Gasteiger partial charge in [0.25, 0.3) is 0 Å². The van der Waals surface area contributed by atoms with Crippen LogP contribution < -0.4 is 4.74 Å². The number of rotatable bonds is 4. The molecule has 126 valence electrons. The third kappa shape index (κ3) is 2.97. The molecule has 5 nitrogen and oxygen atoms in total. The molecule has 3 rings (SSSR count). The molecule has 1 heterocycles. The van der Waals surface area contributed by atoms with Crippen molar-refractivity contribution in [2.24, 2.45) is 5.92 Å². The monoisotopic (exact) mass is 345 g/mol. The second-order valence-corrected chi connectivity index (χ2v) is 5.48. The van der Waals surface area contributed by atoms with Gasteiger partial charge < -0.3 is 4.74 Å². The lowest BCUT2D eigenvalue weighted by Gasteiger charge is -2.10. The van der Waals surface area contributed by atoms with Gasteiger partial charge in [-0.2, -0.15) is 10.5 Å². The van der Waals surface area contributed by atoms with Crippen LogP contribution in [0.2, 0.25) is 0 Å². The summed E-state index contributed by atoms with van der Waals surface area (Å²) < 4.78 is 19.5. The standard InChI is InChI=1S/C20H12FN3O2/c1-26-19-9-18(14-4-2-3-5-16(14)21)24-17-8-12(6-7-15(17)19)20(25)13(10-22)11-23/h2-9,13H,1H3. The van der Waals surface area contributed by atoms with E-state index >= 15 is 0 Å². The fraction of sp³-hybridized carbons (Fsp3) is 0.100. The Balaban J connectivity index is 2.20. The Hall–Kier alpha value is -3.77. The van der Waals surface area contributed by atoms with E-state index in [-0.39, 0.29) is 5.56 Å². The zero-order valence-electron chi connectivity index (χ0n) is 13.7. The van der Waals surface area contributed by atoms with Crippen molar-refractivity contribution in [3.63, 3.8) is 0 Å².